The number of rotatable bonds is 5. The summed E-state index contributed by atoms with van der Waals surface area (Å²) in [5.74, 6) is -0.763. The number of carbonyl (C=O) groups is 1. The molecule has 0 saturated carbocycles. The number of carboxylic acid groups (broad SMARTS) is 1. The van der Waals surface area contributed by atoms with E-state index < -0.39 is 11.2 Å². The molecule has 0 amide bonds. The van der Waals surface area contributed by atoms with E-state index in [0.29, 0.717) is 6.42 Å². The van der Waals surface area contributed by atoms with Crippen molar-refractivity contribution in [2.45, 2.75) is 37.3 Å². The van der Waals surface area contributed by atoms with Crippen LogP contribution >= 0.6 is 11.8 Å². The van der Waals surface area contributed by atoms with E-state index in [1.807, 2.05) is 57.2 Å². The maximum atomic E-state index is 11.5. The summed E-state index contributed by atoms with van der Waals surface area (Å²) in [6.45, 7) is 6.11. The van der Waals surface area contributed by atoms with Crippen molar-refractivity contribution in [3.63, 3.8) is 0 Å². The van der Waals surface area contributed by atoms with Crippen LogP contribution in [-0.2, 0) is 11.2 Å². The summed E-state index contributed by atoms with van der Waals surface area (Å²) in [5, 5.41) is 9.01. The van der Waals surface area contributed by atoms with Gasteiger partial charge in [0, 0.05) is 4.90 Å². The van der Waals surface area contributed by atoms with Gasteiger partial charge in [0.1, 0.15) is 5.25 Å². The fourth-order valence-corrected chi connectivity index (χ4v) is 3.22. The van der Waals surface area contributed by atoms with Gasteiger partial charge in [-0.2, -0.15) is 0 Å². The molecule has 1 N–H and O–H groups in total. The SMILES string of the molecule is Cc1ccc(SC(Cc2ccc(C)cc2C)C(=O)O)cc1. The predicted octanol–water partition coefficient (Wildman–Crippen LogP) is 4.40. The summed E-state index contributed by atoms with van der Waals surface area (Å²) in [6.07, 6.45) is 0.542. The fourth-order valence-electron chi connectivity index (χ4n) is 2.24. The van der Waals surface area contributed by atoms with E-state index in [9.17, 15) is 9.90 Å². The van der Waals surface area contributed by atoms with Crippen molar-refractivity contribution >= 4 is 17.7 Å². The molecular formula is C18H20O2S. The predicted molar refractivity (Wildman–Crippen MR) is 88.1 cm³/mol. The van der Waals surface area contributed by atoms with E-state index in [1.165, 1.54) is 22.9 Å². The molecule has 21 heavy (non-hydrogen) atoms. The number of aryl methyl sites for hydroxylation is 3. The second-order valence-electron chi connectivity index (χ2n) is 5.39. The molecule has 110 valence electrons. The van der Waals surface area contributed by atoms with Gasteiger partial charge in [0.2, 0.25) is 0 Å². The van der Waals surface area contributed by atoms with Gasteiger partial charge in [-0.05, 0) is 50.5 Å². The maximum Gasteiger partial charge on any atom is 0.317 e. The summed E-state index contributed by atoms with van der Waals surface area (Å²) < 4.78 is 0. The van der Waals surface area contributed by atoms with E-state index in [0.717, 1.165) is 16.0 Å². The van der Waals surface area contributed by atoms with Crippen LogP contribution in [0.2, 0.25) is 0 Å². The first-order valence-electron chi connectivity index (χ1n) is 6.98. The topological polar surface area (TPSA) is 37.3 Å². The molecular weight excluding hydrogens is 280 g/mol. The lowest BCUT2D eigenvalue weighted by molar-refractivity contribution is -0.136. The Morgan fingerprint density at radius 2 is 1.67 bits per heavy atom. The molecule has 0 saturated heterocycles. The molecule has 2 aromatic rings. The molecule has 0 aliphatic rings. The summed E-state index contributed by atoms with van der Waals surface area (Å²) in [4.78, 5) is 12.5. The number of hydrogen-bond acceptors (Lipinski definition) is 2. The van der Waals surface area contributed by atoms with E-state index in [2.05, 4.69) is 6.07 Å². The molecule has 0 aliphatic carbocycles. The summed E-state index contributed by atoms with van der Waals surface area (Å²) in [6, 6.07) is 14.2. The molecule has 1 atom stereocenters. The Labute approximate surface area is 130 Å². The van der Waals surface area contributed by atoms with Crippen molar-refractivity contribution in [1.29, 1.82) is 0 Å². The van der Waals surface area contributed by atoms with Crippen molar-refractivity contribution in [1.82, 2.24) is 0 Å². The first-order valence-corrected chi connectivity index (χ1v) is 7.86. The molecule has 2 rings (SSSR count). The van der Waals surface area contributed by atoms with E-state index in [1.54, 1.807) is 0 Å². The Hall–Kier alpha value is -1.74. The third-order valence-corrected chi connectivity index (χ3v) is 4.68. The van der Waals surface area contributed by atoms with Gasteiger partial charge in [0.25, 0.3) is 0 Å². The molecule has 2 nitrogen and oxygen atoms in total. The highest BCUT2D eigenvalue weighted by Gasteiger charge is 2.20. The number of thioether (sulfide) groups is 1. The van der Waals surface area contributed by atoms with Crippen molar-refractivity contribution in [3.05, 3.63) is 64.7 Å². The summed E-state index contributed by atoms with van der Waals surface area (Å²) >= 11 is 1.41. The van der Waals surface area contributed by atoms with Crippen LogP contribution in [0.25, 0.3) is 0 Å². The van der Waals surface area contributed by atoms with E-state index in [-0.39, 0.29) is 0 Å². The molecule has 0 radical (unpaired) electrons. The molecule has 0 heterocycles. The number of aliphatic carboxylic acids is 1. The Morgan fingerprint density at radius 3 is 2.24 bits per heavy atom. The van der Waals surface area contributed by atoms with Gasteiger partial charge >= 0.3 is 5.97 Å². The Kier molecular flexibility index (Phi) is 5.07. The van der Waals surface area contributed by atoms with Crippen LogP contribution in [0, 0.1) is 20.8 Å². The minimum Gasteiger partial charge on any atom is -0.480 e. The van der Waals surface area contributed by atoms with Gasteiger partial charge in [-0.15, -0.1) is 11.8 Å². The normalized spacial score (nSPS) is 12.1. The molecule has 0 aromatic heterocycles. The van der Waals surface area contributed by atoms with Crippen LogP contribution in [0.15, 0.2) is 47.4 Å². The van der Waals surface area contributed by atoms with Gasteiger partial charge in [0.15, 0.2) is 0 Å². The monoisotopic (exact) mass is 300 g/mol. The lowest BCUT2D eigenvalue weighted by Gasteiger charge is -2.14. The Balaban J connectivity index is 2.15. The maximum absolute atomic E-state index is 11.5. The van der Waals surface area contributed by atoms with Crippen LogP contribution in [0.4, 0.5) is 0 Å². The van der Waals surface area contributed by atoms with Crippen molar-refractivity contribution in [3.8, 4) is 0 Å². The van der Waals surface area contributed by atoms with Gasteiger partial charge in [-0.3, -0.25) is 4.79 Å². The number of carboxylic acids is 1. The quantitative estimate of drug-likeness (QED) is 0.832. The molecule has 0 spiro atoms. The summed E-state index contributed by atoms with van der Waals surface area (Å²) in [5.41, 5.74) is 4.65. The van der Waals surface area contributed by atoms with Gasteiger partial charge in [-0.25, -0.2) is 0 Å². The summed E-state index contributed by atoms with van der Waals surface area (Å²) in [7, 11) is 0. The minimum atomic E-state index is -0.763. The zero-order chi connectivity index (χ0) is 15.4. The van der Waals surface area contributed by atoms with Crippen LogP contribution in [-0.4, -0.2) is 16.3 Å². The average molecular weight is 300 g/mol. The highest BCUT2D eigenvalue weighted by atomic mass is 32.2. The molecule has 2 aromatic carbocycles. The average Bonchev–Trinajstić information content (AvgIpc) is 2.43. The highest BCUT2D eigenvalue weighted by molar-refractivity contribution is 8.00. The van der Waals surface area contributed by atoms with Crippen molar-refractivity contribution in [2.75, 3.05) is 0 Å². The third-order valence-electron chi connectivity index (χ3n) is 3.48. The molecule has 0 fully saturated rings. The minimum absolute atomic E-state index is 0.464. The standard InChI is InChI=1S/C18H20O2S/c1-12-5-8-16(9-6-12)21-17(18(19)20)11-15-7-4-13(2)10-14(15)3/h4-10,17H,11H2,1-3H3,(H,19,20). The van der Waals surface area contributed by atoms with Crippen LogP contribution in [0.5, 0.6) is 0 Å². The second-order valence-corrected chi connectivity index (χ2v) is 6.67. The largest absolute Gasteiger partial charge is 0.480 e. The lowest BCUT2D eigenvalue weighted by atomic mass is 10.0. The van der Waals surface area contributed by atoms with Gasteiger partial charge < -0.3 is 5.11 Å². The Bertz CT molecular complexity index is 632. The number of hydrogen-bond donors (Lipinski definition) is 1. The number of benzene rings is 2. The third kappa shape index (κ3) is 4.36. The van der Waals surface area contributed by atoms with Crippen LogP contribution in [0.3, 0.4) is 0 Å². The van der Waals surface area contributed by atoms with Crippen LogP contribution < -0.4 is 0 Å². The molecule has 1 unspecified atom stereocenters. The van der Waals surface area contributed by atoms with E-state index in [4.69, 9.17) is 0 Å². The molecule has 3 heteroatoms. The second kappa shape index (κ2) is 6.81. The smallest absolute Gasteiger partial charge is 0.317 e. The zero-order valence-electron chi connectivity index (χ0n) is 12.6. The Morgan fingerprint density at radius 1 is 1.05 bits per heavy atom. The van der Waals surface area contributed by atoms with Crippen LogP contribution in [0.1, 0.15) is 22.3 Å². The first kappa shape index (κ1) is 15.6. The van der Waals surface area contributed by atoms with Gasteiger partial charge in [-0.1, -0.05) is 41.5 Å². The first-order chi connectivity index (χ1) is 9.95. The van der Waals surface area contributed by atoms with Crippen molar-refractivity contribution < 1.29 is 9.90 Å². The zero-order valence-corrected chi connectivity index (χ0v) is 13.4. The molecule has 0 aliphatic heterocycles. The van der Waals surface area contributed by atoms with Gasteiger partial charge in [0.05, 0.1) is 0 Å². The highest BCUT2D eigenvalue weighted by Crippen LogP contribution is 2.27. The fraction of sp³-hybridized carbons (Fsp3) is 0.278. The lowest BCUT2D eigenvalue weighted by Crippen LogP contribution is -2.19. The van der Waals surface area contributed by atoms with Crippen molar-refractivity contribution in [2.24, 2.45) is 0 Å². The van der Waals surface area contributed by atoms with E-state index >= 15 is 0 Å². The molecule has 0 bridgehead atoms.